The smallest absolute Gasteiger partial charge is 0.274 e. The van der Waals surface area contributed by atoms with Gasteiger partial charge in [-0.2, -0.15) is 0 Å². The summed E-state index contributed by atoms with van der Waals surface area (Å²) in [5.41, 5.74) is 0. The molecule has 0 saturated carbocycles. The molecule has 0 aliphatic carbocycles. The maximum atomic E-state index is 12.0. The van der Waals surface area contributed by atoms with Crippen LogP contribution < -0.4 is 10.0 Å². The van der Waals surface area contributed by atoms with Gasteiger partial charge in [0.05, 0.1) is 6.54 Å². The van der Waals surface area contributed by atoms with Crippen LogP contribution in [0.4, 0.5) is 0 Å². The monoisotopic (exact) mass is 274 g/mol. The van der Waals surface area contributed by atoms with E-state index in [0.29, 0.717) is 12.3 Å². The molecule has 0 atom stereocenters. The molecule has 0 aromatic carbocycles. The number of furan rings is 1. The number of rotatable bonds is 8. The SMILES string of the molecule is CCNCc1ccc(S(=O)(=O)NC(CC)CC)o1. The van der Waals surface area contributed by atoms with E-state index in [0.717, 1.165) is 19.4 Å². The highest BCUT2D eigenvalue weighted by Crippen LogP contribution is 2.15. The summed E-state index contributed by atoms with van der Waals surface area (Å²) in [6, 6.07) is 3.14. The predicted molar refractivity (Wildman–Crippen MR) is 70.8 cm³/mol. The number of hydrogen-bond donors (Lipinski definition) is 2. The highest BCUT2D eigenvalue weighted by molar-refractivity contribution is 7.89. The average Bonchev–Trinajstić information content (AvgIpc) is 2.83. The molecule has 0 unspecified atom stereocenters. The number of sulfonamides is 1. The first-order valence-corrected chi connectivity index (χ1v) is 7.83. The lowest BCUT2D eigenvalue weighted by Gasteiger charge is -2.13. The topological polar surface area (TPSA) is 71.3 Å². The fraction of sp³-hybridized carbons (Fsp3) is 0.667. The first kappa shape index (κ1) is 15.2. The van der Waals surface area contributed by atoms with E-state index >= 15 is 0 Å². The van der Waals surface area contributed by atoms with Crippen LogP contribution in [0.25, 0.3) is 0 Å². The van der Waals surface area contributed by atoms with Crippen LogP contribution in [-0.4, -0.2) is 21.0 Å². The molecule has 18 heavy (non-hydrogen) atoms. The highest BCUT2D eigenvalue weighted by atomic mass is 32.2. The molecule has 1 aromatic rings. The van der Waals surface area contributed by atoms with E-state index in [1.807, 2.05) is 20.8 Å². The lowest BCUT2D eigenvalue weighted by atomic mass is 10.2. The van der Waals surface area contributed by atoms with Crippen molar-refractivity contribution in [1.29, 1.82) is 0 Å². The summed E-state index contributed by atoms with van der Waals surface area (Å²) >= 11 is 0. The second-order valence-electron chi connectivity index (χ2n) is 4.14. The van der Waals surface area contributed by atoms with E-state index in [1.165, 1.54) is 6.07 Å². The van der Waals surface area contributed by atoms with Crippen molar-refractivity contribution in [2.24, 2.45) is 0 Å². The first-order valence-electron chi connectivity index (χ1n) is 6.35. The number of nitrogens with one attached hydrogen (secondary N) is 2. The van der Waals surface area contributed by atoms with Crippen LogP contribution in [0.1, 0.15) is 39.4 Å². The van der Waals surface area contributed by atoms with Gasteiger partial charge in [0.1, 0.15) is 5.76 Å². The summed E-state index contributed by atoms with van der Waals surface area (Å²) in [7, 11) is -3.53. The summed E-state index contributed by atoms with van der Waals surface area (Å²) in [4.78, 5) is 0. The zero-order chi connectivity index (χ0) is 13.6. The normalized spacial score (nSPS) is 12.2. The molecule has 1 aromatic heterocycles. The lowest BCUT2D eigenvalue weighted by Crippen LogP contribution is -2.33. The first-order chi connectivity index (χ1) is 8.53. The van der Waals surface area contributed by atoms with Crippen molar-refractivity contribution in [3.8, 4) is 0 Å². The summed E-state index contributed by atoms with van der Waals surface area (Å²) in [6.07, 6.45) is 1.53. The molecule has 0 spiro atoms. The van der Waals surface area contributed by atoms with Crippen molar-refractivity contribution >= 4 is 10.0 Å². The Balaban J connectivity index is 2.75. The Kier molecular flexibility index (Phi) is 5.84. The maximum Gasteiger partial charge on any atom is 0.274 e. The van der Waals surface area contributed by atoms with Crippen molar-refractivity contribution in [2.75, 3.05) is 6.54 Å². The highest BCUT2D eigenvalue weighted by Gasteiger charge is 2.21. The Labute approximate surface area is 109 Å². The molecular weight excluding hydrogens is 252 g/mol. The summed E-state index contributed by atoms with van der Waals surface area (Å²) < 4.78 is 32.0. The largest absolute Gasteiger partial charge is 0.447 e. The third-order valence-electron chi connectivity index (χ3n) is 2.76. The van der Waals surface area contributed by atoms with E-state index < -0.39 is 10.0 Å². The van der Waals surface area contributed by atoms with Gasteiger partial charge in [0.15, 0.2) is 0 Å². The minimum atomic E-state index is -3.53. The van der Waals surface area contributed by atoms with Gasteiger partial charge < -0.3 is 9.73 Å². The van der Waals surface area contributed by atoms with Crippen LogP contribution in [-0.2, 0) is 16.6 Å². The van der Waals surface area contributed by atoms with Crippen LogP contribution in [0, 0.1) is 0 Å². The van der Waals surface area contributed by atoms with Gasteiger partial charge in [-0.25, -0.2) is 13.1 Å². The van der Waals surface area contributed by atoms with Gasteiger partial charge in [-0.05, 0) is 31.5 Å². The van der Waals surface area contributed by atoms with Crippen LogP contribution in [0.2, 0.25) is 0 Å². The minimum absolute atomic E-state index is 0.0118. The van der Waals surface area contributed by atoms with E-state index in [9.17, 15) is 8.42 Å². The fourth-order valence-electron chi connectivity index (χ4n) is 1.58. The van der Waals surface area contributed by atoms with Crippen molar-refractivity contribution in [3.05, 3.63) is 17.9 Å². The van der Waals surface area contributed by atoms with Crippen LogP contribution in [0.15, 0.2) is 21.6 Å². The van der Waals surface area contributed by atoms with E-state index in [2.05, 4.69) is 10.0 Å². The Bertz CT molecular complexity index is 450. The molecule has 1 heterocycles. The minimum Gasteiger partial charge on any atom is -0.447 e. The van der Waals surface area contributed by atoms with Crippen molar-refractivity contribution in [2.45, 2.75) is 51.3 Å². The van der Waals surface area contributed by atoms with E-state index in [4.69, 9.17) is 4.42 Å². The second-order valence-corrected chi connectivity index (χ2v) is 5.78. The fourth-order valence-corrected chi connectivity index (χ4v) is 2.93. The Morgan fingerprint density at radius 2 is 1.89 bits per heavy atom. The molecule has 1 rings (SSSR count). The Hall–Kier alpha value is -0.850. The number of hydrogen-bond acceptors (Lipinski definition) is 4. The molecule has 0 bridgehead atoms. The Morgan fingerprint density at radius 1 is 1.22 bits per heavy atom. The van der Waals surface area contributed by atoms with E-state index in [-0.39, 0.29) is 11.1 Å². The molecule has 0 radical (unpaired) electrons. The third kappa shape index (κ3) is 4.12. The summed E-state index contributed by atoms with van der Waals surface area (Å²) in [5.74, 6) is 0.627. The zero-order valence-corrected chi connectivity index (χ0v) is 12.0. The molecule has 6 heteroatoms. The molecule has 0 fully saturated rings. The van der Waals surface area contributed by atoms with Crippen LogP contribution >= 0.6 is 0 Å². The summed E-state index contributed by atoms with van der Waals surface area (Å²) in [6.45, 7) is 7.24. The van der Waals surface area contributed by atoms with Gasteiger partial charge >= 0.3 is 0 Å². The van der Waals surface area contributed by atoms with Gasteiger partial charge in [-0.15, -0.1) is 0 Å². The standard InChI is InChI=1S/C12H22N2O3S/c1-4-10(5-2)14-18(15,16)12-8-7-11(17-12)9-13-6-3/h7-8,10,13-14H,4-6,9H2,1-3H3. The van der Waals surface area contributed by atoms with Crippen LogP contribution in [0.5, 0.6) is 0 Å². The maximum absolute atomic E-state index is 12.0. The van der Waals surface area contributed by atoms with Crippen molar-refractivity contribution in [3.63, 3.8) is 0 Å². The van der Waals surface area contributed by atoms with Crippen molar-refractivity contribution < 1.29 is 12.8 Å². The van der Waals surface area contributed by atoms with Gasteiger partial charge in [0.25, 0.3) is 10.0 Å². The molecular formula is C12H22N2O3S. The summed E-state index contributed by atoms with van der Waals surface area (Å²) in [5, 5.41) is 3.07. The molecule has 0 amide bonds. The third-order valence-corrected chi connectivity index (χ3v) is 4.15. The van der Waals surface area contributed by atoms with E-state index in [1.54, 1.807) is 6.07 Å². The molecule has 5 nitrogen and oxygen atoms in total. The van der Waals surface area contributed by atoms with Crippen LogP contribution in [0.3, 0.4) is 0 Å². The molecule has 0 saturated heterocycles. The van der Waals surface area contributed by atoms with Gasteiger partial charge in [0.2, 0.25) is 5.09 Å². The predicted octanol–water partition coefficient (Wildman–Crippen LogP) is 1.86. The second kappa shape index (κ2) is 6.92. The molecule has 0 aliphatic rings. The van der Waals surface area contributed by atoms with Gasteiger partial charge in [0, 0.05) is 6.04 Å². The van der Waals surface area contributed by atoms with Crippen molar-refractivity contribution in [1.82, 2.24) is 10.0 Å². The Morgan fingerprint density at radius 3 is 2.44 bits per heavy atom. The zero-order valence-electron chi connectivity index (χ0n) is 11.2. The molecule has 0 aliphatic heterocycles. The quantitative estimate of drug-likeness (QED) is 0.759. The van der Waals surface area contributed by atoms with Gasteiger partial charge in [-0.3, -0.25) is 0 Å². The lowest BCUT2D eigenvalue weighted by molar-refractivity contribution is 0.398. The molecule has 104 valence electrons. The van der Waals surface area contributed by atoms with Gasteiger partial charge in [-0.1, -0.05) is 20.8 Å². The molecule has 2 N–H and O–H groups in total. The average molecular weight is 274 g/mol.